The molecule has 1 aromatic heterocycles. The molecule has 6 heteroatoms. The Kier molecular flexibility index (Phi) is 4.11. The van der Waals surface area contributed by atoms with Crippen molar-refractivity contribution in [1.29, 1.82) is 0 Å². The largest absolute Gasteiger partial charge is 0.497 e. The van der Waals surface area contributed by atoms with Crippen molar-refractivity contribution in [2.75, 3.05) is 12.4 Å². The predicted octanol–water partition coefficient (Wildman–Crippen LogP) is 3.47. The minimum atomic E-state index is -0.158. The molecule has 0 fully saturated rings. The van der Waals surface area contributed by atoms with Crippen LogP contribution in [0, 0.1) is 0 Å². The summed E-state index contributed by atoms with van der Waals surface area (Å²) in [6, 6.07) is 14.5. The topological polar surface area (TPSA) is 64.1 Å². The van der Waals surface area contributed by atoms with E-state index in [1.807, 2.05) is 24.3 Å². The number of hydrogen-bond donors (Lipinski definition) is 1. The third-order valence-corrected chi connectivity index (χ3v) is 3.85. The second-order valence-electron chi connectivity index (χ2n) is 4.54. The number of carbonyl (C=O) groups excluding carboxylic acids is 1. The Morgan fingerprint density at radius 3 is 2.41 bits per heavy atom. The Bertz CT molecular complexity index is 753. The highest BCUT2D eigenvalue weighted by molar-refractivity contribution is 7.09. The first kappa shape index (κ1) is 14.2. The second-order valence-corrected chi connectivity index (χ2v) is 5.33. The average Bonchev–Trinajstić information content (AvgIpc) is 3.10. The summed E-state index contributed by atoms with van der Waals surface area (Å²) in [7, 11) is 1.59. The molecule has 1 heterocycles. The number of ether oxygens (including phenoxy) is 1. The second kappa shape index (κ2) is 6.36. The maximum absolute atomic E-state index is 12.2. The summed E-state index contributed by atoms with van der Waals surface area (Å²) in [5.41, 5.74) is 2.34. The normalized spacial score (nSPS) is 10.2. The molecule has 0 aliphatic carbocycles. The SMILES string of the molecule is COc1ccc(C(=O)Nc2ccc(-c3cnns3)cc2)cc1. The number of rotatable bonds is 4. The zero-order chi connectivity index (χ0) is 15.4. The molecule has 0 aliphatic heterocycles. The number of benzene rings is 2. The fourth-order valence-electron chi connectivity index (χ4n) is 1.96. The van der Waals surface area contributed by atoms with Gasteiger partial charge in [0, 0.05) is 11.3 Å². The van der Waals surface area contributed by atoms with E-state index < -0.39 is 0 Å². The van der Waals surface area contributed by atoms with Crippen molar-refractivity contribution in [3.63, 3.8) is 0 Å². The number of methoxy groups -OCH3 is 1. The van der Waals surface area contributed by atoms with Crippen LogP contribution in [0.2, 0.25) is 0 Å². The van der Waals surface area contributed by atoms with E-state index >= 15 is 0 Å². The number of carbonyl (C=O) groups is 1. The molecule has 3 rings (SSSR count). The first-order valence-corrected chi connectivity index (χ1v) is 7.37. The highest BCUT2D eigenvalue weighted by Crippen LogP contribution is 2.23. The number of anilines is 1. The van der Waals surface area contributed by atoms with Crippen LogP contribution in [-0.4, -0.2) is 22.6 Å². The Morgan fingerprint density at radius 1 is 1.09 bits per heavy atom. The molecule has 5 nitrogen and oxygen atoms in total. The summed E-state index contributed by atoms with van der Waals surface area (Å²) >= 11 is 1.34. The molecule has 3 aromatic rings. The van der Waals surface area contributed by atoms with Crippen LogP contribution in [0.5, 0.6) is 5.75 Å². The van der Waals surface area contributed by atoms with Gasteiger partial charge in [0.05, 0.1) is 18.2 Å². The van der Waals surface area contributed by atoms with E-state index in [1.165, 1.54) is 11.5 Å². The minimum Gasteiger partial charge on any atom is -0.497 e. The van der Waals surface area contributed by atoms with Crippen LogP contribution in [0.4, 0.5) is 5.69 Å². The van der Waals surface area contributed by atoms with Gasteiger partial charge in [0.2, 0.25) is 0 Å². The van der Waals surface area contributed by atoms with Gasteiger partial charge in [0.1, 0.15) is 5.75 Å². The highest BCUT2D eigenvalue weighted by atomic mass is 32.1. The van der Waals surface area contributed by atoms with E-state index in [0.29, 0.717) is 5.56 Å². The van der Waals surface area contributed by atoms with Crippen molar-refractivity contribution >= 4 is 23.1 Å². The van der Waals surface area contributed by atoms with E-state index in [-0.39, 0.29) is 5.91 Å². The van der Waals surface area contributed by atoms with Crippen LogP contribution in [0.3, 0.4) is 0 Å². The number of aromatic nitrogens is 2. The van der Waals surface area contributed by atoms with Gasteiger partial charge in [-0.2, -0.15) is 0 Å². The van der Waals surface area contributed by atoms with Gasteiger partial charge in [0.25, 0.3) is 5.91 Å². The summed E-state index contributed by atoms with van der Waals surface area (Å²) in [6.45, 7) is 0. The molecule has 0 saturated carbocycles. The van der Waals surface area contributed by atoms with Crippen molar-refractivity contribution in [2.45, 2.75) is 0 Å². The maximum atomic E-state index is 12.2. The van der Waals surface area contributed by atoms with Crippen LogP contribution in [0.25, 0.3) is 10.4 Å². The molecular formula is C16H13N3O2S. The summed E-state index contributed by atoms with van der Waals surface area (Å²) in [5.74, 6) is 0.564. The summed E-state index contributed by atoms with van der Waals surface area (Å²) in [4.78, 5) is 13.2. The lowest BCUT2D eigenvalue weighted by Crippen LogP contribution is -2.11. The fourth-order valence-corrected chi connectivity index (χ4v) is 2.48. The van der Waals surface area contributed by atoms with Gasteiger partial charge < -0.3 is 10.1 Å². The monoisotopic (exact) mass is 311 g/mol. The molecule has 22 heavy (non-hydrogen) atoms. The minimum absolute atomic E-state index is 0.158. The Labute approximate surface area is 131 Å². The Morgan fingerprint density at radius 2 is 1.82 bits per heavy atom. The van der Waals surface area contributed by atoms with Crippen molar-refractivity contribution in [2.24, 2.45) is 0 Å². The lowest BCUT2D eigenvalue weighted by atomic mass is 10.1. The molecule has 0 atom stereocenters. The standard InChI is InChI=1S/C16H13N3O2S/c1-21-14-8-4-12(5-9-14)16(20)18-13-6-2-11(3-7-13)15-10-17-19-22-15/h2-10H,1H3,(H,18,20). The number of nitrogens with zero attached hydrogens (tertiary/aromatic N) is 2. The predicted molar refractivity (Wildman–Crippen MR) is 86.3 cm³/mol. The third kappa shape index (κ3) is 3.12. The van der Waals surface area contributed by atoms with E-state index in [2.05, 4.69) is 14.9 Å². The molecule has 110 valence electrons. The van der Waals surface area contributed by atoms with Gasteiger partial charge in [-0.05, 0) is 53.5 Å². The maximum Gasteiger partial charge on any atom is 0.255 e. The zero-order valence-corrected chi connectivity index (χ0v) is 12.6. The first-order valence-electron chi connectivity index (χ1n) is 6.59. The molecule has 0 saturated heterocycles. The van der Waals surface area contributed by atoms with Gasteiger partial charge in [-0.3, -0.25) is 4.79 Å². The average molecular weight is 311 g/mol. The van der Waals surface area contributed by atoms with E-state index in [4.69, 9.17) is 4.74 Å². The van der Waals surface area contributed by atoms with Crippen LogP contribution in [0.1, 0.15) is 10.4 Å². The molecule has 0 spiro atoms. The quantitative estimate of drug-likeness (QED) is 0.801. The highest BCUT2D eigenvalue weighted by Gasteiger charge is 2.07. The van der Waals surface area contributed by atoms with E-state index in [0.717, 1.165) is 21.9 Å². The molecule has 2 aromatic carbocycles. The summed E-state index contributed by atoms with van der Waals surface area (Å²) in [6.07, 6.45) is 1.72. The van der Waals surface area contributed by atoms with Crippen LogP contribution < -0.4 is 10.1 Å². The lowest BCUT2D eigenvalue weighted by Gasteiger charge is -2.06. The van der Waals surface area contributed by atoms with Crippen molar-refractivity contribution in [3.05, 3.63) is 60.3 Å². The van der Waals surface area contributed by atoms with Crippen LogP contribution >= 0.6 is 11.5 Å². The molecule has 0 radical (unpaired) electrons. The lowest BCUT2D eigenvalue weighted by molar-refractivity contribution is 0.102. The first-order chi connectivity index (χ1) is 10.8. The Hall–Kier alpha value is -2.73. The smallest absolute Gasteiger partial charge is 0.255 e. The number of hydrogen-bond acceptors (Lipinski definition) is 5. The fraction of sp³-hybridized carbons (Fsp3) is 0.0625. The molecule has 1 N–H and O–H groups in total. The van der Waals surface area contributed by atoms with E-state index in [1.54, 1.807) is 37.6 Å². The molecule has 0 bridgehead atoms. The van der Waals surface area contributed by atoms with Crippen LogP contribution in [-0.2, 0) is 0 Å². The third-order valence-electron chi connectivity index (χ3n) is 3.14. The zero-order valence-electron chi connectivity index (χ0n) is 11.8. The molecule has 0 unspecified atom stereocenters. The number of amides is 1. The van der Waals surface area contributed by atoms with Crippen LogP contribution in [0.15, 0.2) is 54.7 Å². The number of nitrogens with one attached hydrogen (secondary N) is 1. The van der Waals surface area contributed by atoms with Crippen molar-refractivity contribution in [3.8, 4) is 16.2 Å². The molecule has 1 amide bonds. The molecular weight excluding hydrogens is 298 g/mol. The Balaban J connectivity index is 1.71. The van der Waals surface area contributed by atoms with Gasteiger partial charge in [-0.1, -0.05) is 16.6 Å². The molecule has 0 aliphatic rings. The van der Waals surface area contributed by atoms with Gasteiger partial charge in [-0.25, -0.2) is 0 Å². The van der Waals surface area contributed by atoms with Gasteiger partial charge in [-0.15, -0.1) is 5.10 Å². The van der Waals surface area contributed by atoms with E-state index in [9.17, 15) is 4.79 Å². The summed E-state index contributed by atoms with van der Waals surface area (Å²) in [5, 5.41) is 6.67. The summed E-state index contributed by atoms with van der Waals surface area (Å²) < 4.78 is 8.91. The van der Waals surface area contributed by atoms with Gasteiger partial charge >= 0.3 is 0 Å². The van der Waals surface area contributed by atoms with Crippen molar-refractivity contribution in [1.82, 2.24) is 9.59 Å². The van der Waals surface area contributed by atoms with Crippen molar-refractivity contribution < 1.29 is 9.53 Å². The van der Waals surface area contributed by atoms with Gasteiger partial charge in [0.15, 0.2) is 0 Å².